The number of hydrogen-bond donors (Lipinski definition) is 1. The van der Waals surface area contributed by atoms with Crippen LogP contribution >= 0.6 is 0 Å². The SMILES string of the molecule is CC(C)CN1CCN2c3cc(OCc4ccc(F)c(F)c4)nc(=N)n3CC2C1. The van der Waals surface area contributed by atoms with Gasteiger partial charge in [0.1, 0.15) is 12.4 Å². The van der Waals surface area contributed by atoms with Gasteiger partial charge in [-0.25, -0.2) is 8.78 Å². The van der Waals surface area contributed by atoms with Crippen LogP contribution in [0.4, 0.5) is 14.6 Å². The summed E-state index contributed by atoms with van der Waals surface area (Å²) in [4.78, 5) is 9.03. The molecule has 0 radical (unpaired) electrons. The van der Waals surface area contributed by atoms with Crippen LogP contribution in [0.2, 0.25) is 0 Å². The van der Waals surface area contributed by atoms with Gasteiger partial charge in [0, 0.05) is 38.8 Å². The highest BCUT2D eigenvalue weighted by Crippen LogP contribution is 2.29. The van der Waals surface area contributed by atoms with E-state index in [0.717, 1.165) is 50.7 Å². The van der Waals surface area contributed by atoms with Gasteiger partial charge >= 0.3 is 0 Å². The number of piperazine rings is 1. The largest absolute Gasteiger partial charge is 0.473 e. The van der Waals surface area contributed by atoms with Crippen LogP contribution in [-0.2, 0) is 13.2 Å². The van der Waals surface area contributed by atoms with Crippen molar-refractivity contribution in [2.24, 2.45) is 5.92 Å². The molecule has 1 N–H and O–H groups in total. The van der Waals surface area contributed by atoms with E-state index in [0.29, 0.717) is 23.4 Å². The highest BCUT2D eigenvalue weighted by atomic mass is 19.2. The predicted molar refractivity (Wildman–Crippen MR) is 101 cm³/mol. The summed E-state index contributed by atoms with van der Waals surface area (Å²) in [6, 6.07) is 5.85. The first-order valence-corrected chi connectivity index (χ1v) is 9.63. The highest BCUT2D eigenvalue weighted by Gasteiger charge is 2.35. The maximum atomic E-state index is 13.4. The summed E-state index contributed by atoms with van der Waals surface area (Å²) in [7, 11) is 0. The van der Waals surface area contributed by atoms with Gasteiger partial charge in [0.2, 0.25) is 11.5 Å². The molecule has 8 heteroatoms. The van der Waals surface area contributed by atoms with Gasteiger partial charge in [0.25, 0.3) is 0 Å². The Morgan fingerprint density at radius 2 is 2.00 bits per heavy atom. The Balaban J connectivity index is 1.48. The second kappa shape index (κ2) is 7.50. The van der Waals surface area contributed by atoms with Gasteiger partial charge in [-0.3, -0.25) is 14.9 Å². The van der Waals surface area contributed by atoms with E-state index in [-0.39, 0.29) is 12.2 Å². The molecule has 2 aliphatic rings. The number of rotatable bonds is 5. The van der Waals surface area contributed by atoms with Crippen molar-refractivity contribution in [3.05, 3.63) is 47.1 Å². The molecule has 1 unspecified atom stereocenters. The van der Waals surface area contributed by atoms with Crippen molar-refractivity contribution in [2.75, 3.05) is 31.1 Å². The van der Waals surface area contributed by atoms with Gasteiger partial charge in [0.15, 0.2) is 11.6 Å². The molecular formula is C20H25F2N5O. The van der Waals surface area contributed by atoms with E-state index in [1.165, 1.54) is 6.07 Å². The van der Waals surface area contributed by atoms with Gasteiger partial charge in [-0.2, -0.15) is 4.98 Å². The van der Waals surface area contributed by atoms with Gasteiger partial charge in [-0.15, -0.1) is 0 Å². The van der Waals surface area contributed by atoms with Gasteiger partial charge in [0.05, 0.1) is 6.04 Å². The van der Waals surface area contributed by atoms with Crippen molar-refractivity contribution in [3.8, 4) is 5.88 Å². The number of nitrogens with zero attached hydrogens (tertiary/aromatic N) is 4. The molecule has 1 aromatic heterocycles. The molecule has 4 rings (SSSR count). The van der Waals surface area contributed by atoms with Crippen molar-refractivity contribution >= 4 is 5.82 Å². The quantitative estimate of drug-likeness (QED) is 0.853. The lowest BCUT2D eigenvalue weighted by Gasteiger charge is -2.38. The number of fused-ring (bicyclic) bond motifs is 3. The zero-order valence-corrected chi connectivity index (χ0v) is 16.2. The maximum Gasteiger partial charge on any atom is 0.226 e. The zero-order chi connectivity index (χ0) is 19.8. The molecule has 6 nitrogen and oxygen atoms in total. The summed E-state index contributed by atoms with van der Waals surface area (Å²) in [6.07, 6.45) is 0. The topological polar surface area (TPSA) is 57.4 Å². The van der Waals surface area contributed by atoms with Crippen LogP contribution in [0.5, 0.6) is 5.88 Å². The first-order valence-electron chi connectivity index (χ1n) is 9.63. The van der Waals surface area contributed by atoms with Crippen LogP contribution in [0.1, 0.15) is 19.4 Å². The standard InChI is InChI=1S/C20H25F2N5O/c1-13(2)9-25-5-6-26-15(10-25)11-27-19(26)8-18(24-20(27)23)28-12-14-3-4-16(21)17(22)7-14/h3-4,7-8,13,15,23H,5-6,9-12H2,1-2H3. The Hall–Kier alpha value is -2.48. The highest BCUT2D eigenvalue weighted by molar-refractivity contribution is 5.47. The fraction of sp³-hybridized carbons (Fsp3) is 0.500. The molecule has 0 amide bonds. The van der Waals surface area contributed by atoms with E-state index < -0.39 is 11.6 Å². The van der Waals surface area contributed by atoms with Crippen LogP contribution in [0.3, 0.4) is 0 Å². The second-order valence-electron chi connectivity index (χ2n) is 7.92. The Morgan fingerprint density at radius 1 is 1.18 bits per heavy atom. The van der Waals surface area contributed by atoms with E-state index in [2.05, 4.69) is 28.6 Å². The third kappa shape index (κ3) is 3.73. The average Bonchev–Trinajstić information content (AvgIpc) is 3.01. The number of anilines is 1. The normalized spacial score (nSPS) is 19.0. The molecule has 0 spiro atoms. The molecule has 3 heterocycles. The number of halogens is 2. The summed E-state index contributed by atoms with van der Waals surface area (Å²) in [5.74, 6) is 0.113. The first-order chi connectivity index (χ1) is 13.4. The summed E-state index contributed by atoms with van der Waals surface area (Å²) < 4.78 is 34.0. The second-order valence-corrected chi connectivity index (χ2v) is 7.92. The lowest BCUT2D eigenvalue weighted by atomic mass is 10.1. The molecule has 0 bridgehead atoms. The molecule has 150 valence electrons. The number of ether oxygens (including phenoxy) is 1. The average molecular weight is 389 g/mol. The molecule has 1 fully saturated rings. The molecule has 0 saturated carbocycles. The minimum atomic E-state index is -0.901. The fourth-order valence-corrected chi connectivity index (χ4v) is 4.04. The molecule has 0 aliphatic carbocycles. The van der Waals surface area contributed by atoms with Gasteiger partial charge in [-0.1, -0.05) is 19.9 Å². The van der Waals surface area contributed by atoms with Gasteiger partial charge in [-0.05, 0) is 23.6 Å². The third-order valence-corrected chi connectivity index (χ3v) is 5.25. The minimum absolute atomic E-state index is 0.0681. The van der Waals surface area contributed by atoms with E-state index in [9.17, 15) is 8.78 Å². The molecular weight excluding hydrogens is 364 g/mol. The van der Waals surface area contributed by atoms with Crippen LogP contribution < -0.4 is 15.3 Å². The number of aromatic nitrogens is 2. The van der Waals surface area contributed by atoms with Crippen LogP contribution in [0, 0.1) is 23.0 Å². The molecule has 1 atom stereocenters. The Morgan fingerprint density at radius 3 is 2.75 bits per heavy atom. The monoisotopic (exact) mass is 389 g/mol. The number of benzene rings is 1. The smallest absolute Gasteiger partial charge is 0.226 e. The van der Waals surface area contributed by atoms with Crippen LogP contribution in [0.25, 0.3) is 0 Å². The van der Waals surface area contributed by atoms with Gasteiger partial charge < -0.3 is 9.64 Å². The Bertz CT molecular complexity index is 929. The predicted octanol–water partition coefficient (Wildman–Crippen LogP) is 2.38. The zero-order valence-electron chi connectivity index (χ0n) is 16.2. The first kappa shape index (κ1) is 18.9. The number of hydrogen-bond acceptors (Lipinski definition) is 5. The van der Waals surface area contributed by atoms with Crippen LogP contribution in [-0.4, -0.2) is 46.7 Å². The van der Waals surface area contributed by atoms with Crippen molar-refractivity contribution in [1.29, 1.82) is 5.41 Å². The molecule has 1 saturated heterocycles. The van der Waals surface area contributed by atoms with Crippen LogP contribution in [0.15, 0.2) is 24.3 Å². The summed E-state index contributed by atoms with van der Waals surface area (Å²) in [5, 5.41) is 8.27. The molecule has 1 aromatic carbocycles. The Kier molecular flexibility index (Phi) is 5.05. The molecule has 28 heavy (non-hydrogen) atoms. The Labute approximate surface area is 162 Å². The summed E-state index contributed by atoms with van der Waals surface area (Å²) in [6.45, 7) is 9.24. The maximum absolute atomic E-state index is 13.4. The lowest BCUT2D eigenvalue weighted by molar-refractivity contribution is 0.202. The molecule has 2 aliphatic heterocycles. The molecule has 2 aromatic rings. The van der Waals surface area contributed by atoms with Crippen molar-refractivity contribution in [2.45, 2.75) is 33.0 Å². The van der Waals surface area contributed by atoms with E-state index >= 15 is 0 Å². The van der Waals surface area contributed by atoms with Crippen molar-refractivity contribution in [1.82, 2.24) is 14.5 Å². The van der Waals surface area contributed by atoms with E-state index in [1.807, 2.05) is 10.6 Å². The summed E-state index contributed by atoms with van der Waals surface area (Å²) >= 11 is 0. The number of nitrogens with one attached hydrogen (secondary N) is 1. The fourth-order valence-electron chi connectivity index (χ4n) is 4.04. The van der Waals surface area contributed by atoms with Crippen molar-refractivity contribution in [3.63, 3.8) is 0 Å². The summed E-state index contributed by atoms with van der Waals surface area (Å²) in [5.41, 5.74) is 0.670. The lowest BCUT2D eigenvalue weighted by Crippen LogP contribution is -2.52. The van der Waals surface area contributed by atoms with E-state index in [4.69, 9.17) is 10.1 Å². The minimum Gasteiger partial charge on any atom is -0.473 e. The van der Waals surface area contributed by atoms with E-state index in [1.54, 1.807) is 0 Å². The third-order valence-electron chi connectivity index (χ3n) is 5.25. The van der Waals surface area contributed by atoms with Crippen molar-refractivity contribution < 1.29 is 13.5 Å².